The number of carbonyl (C=O) groups excluding carboxylic acids is 1. The van der Waals surface area contributed by atoms with Crippen LogP contribution in [0.2, 0.25) is 0 Å². The van der Waals surface area contributed by atoms with Gasteiger partial charge in [-0.05, 0) is 41.8 Å². The maximum absolute atomic E-state index is 11.6. The minimum absolute atomic E-state index is 0.379. The van der Waals surface area contributed by atoms with Gasteiger partial charge >= 0.3 is 6.09 Å². The number of rotatable bonds is 6. The van der Waals surface area contributed by atoms with Crippen LogP contribution >= 0.6 is 0 Å². The third-order valence-electron chi connectivity index (χ3n) is 3.19. The first-order chi connectivity index (χ1) is 9.69. The van der Waals surface area contributed by atoms with Gasteiger partial charge in [0.05, 0.1) is 6.33 Å². The van der Waals surface area contributed by atoms with Gasteiger partial charge in [0.15, 0.2) is 0 Å². The lowest BCUT2D eigenvalue weighted by molar-refractivity contribution is 0.0528. The van der Waals surface area contributed by atoms with E-state index in [1.165, 1.54) is 0 Å². The number of amides is 1. The molecule has 0 saturated carbocycles. The largest absolute Gasteiger partial charge is 0.444 e. The fourth-order valence-corrected chi connectivity index (χ4v) is 1.78. The Morgan fingerprint density at radius 2 is 2.14 bits per heavy atom. The molecule has 1 amide bonds. The molecular weight excluding hydrogens is 268 g/mol. The summed E-state index contributed by atoms with van der Waals surface area (Å²) in [5.41, 5.74) is 0.646. The molecule has 1 aromatic rings. The van der Waals surface area contributed by atoms with Crippen molar-refractivity contribution < 1.29 is 9.53 Å². The first-order valence-electron chi connectivity index (χ1n) is 7.31. The van der Waals surface area contributed by atoms with Gasteiger partial charge in [-0.1, -0.05) is 0 Å². The lowest BCUT2D eigenvalue weighted by Gasteiger charge is -2.21. The Kier molecular flexibility index (Phi) is 6.20. The van der Waals surface area contributed by atoms with Crippen molar-refractivity contribution in [3.05, 3.63) is 18.2 Å². The monoisotopic (exact) mass is 296 g/mol. The van der Waals surface area contributed by atoms with Crippen molar-refractivity contribution in [2.45, 2.75) is 52.3 Å². The van der Waals surface area contributed by atoms with Gasteiger partial charge in [0.25, 0.3) is 0 Å². The molecule has 6 nitrogen and oxygen atoms in total. The molecule has 1 aromatic heterocycles. The molecule has 0 fully saturated rings. The fourth-order valence-electron chi connectivity index (χ4n) is 1.78. The van der Waals surface area contributed by atoms with E-state index in [0.29, 0.717) is 12.6 Å². The van der Waals surface area contributed by atoms with Gasteiger partial charge in [0.1, 0.15) is 5.60 Å². The molecule has 0 saturated heterocycles. The van der Waals surface area contributed by atoms with E-state index in [-0.39, 0.29) is 6.09 Å². The van der Waals surface area contributed by atoms with E-state index in [2.05, 4.69) is 40.8 Å². The maximum atomic E-state index is 11.6. The molecular formula is C15H28N4O2. The van der Waals surface area contributed by atoms with E-state index < -0.39 is 5.60 Å². The molecule has 0 aromatic carbocycles. The molecule has 1 atom stereocenters. The van der Waals surface area contributed by atoms with Crippen molar-refractivity contribution >= 4 is 6.09 Å². The molecule has 0 aliphatic carbocycles. The Balaban J connectivity index is 2.43. The Morgan fingerprint density at radius 1 is 1.48 bits per heavy atom. The smallest absolute Gasteiger partial charge is 0.407 e. The average Bonchev–Trinajstić information content (AvgIpc) is 2.74. The maximum Gasteiger partial charge on any atom is 0.407 e. The second-order valence-electron chi connectivity index (χ2n) is 6.53. The van der Waals surface area contributed by atoms with Crippen LogP contribution in [0.1, 0.15) is 33.4 Å². The topological polar surface area (TPSA) is 59.4 Å². The lowest BCUT2D eigenvalue weighted by atomic mass is 10.2. The molecule has 21 heavy (non-hydrogen) atoms. The van der Waals surface area contributed by atoms with Crippen LogP contribution in [0.3, 0.4) is 0 Å². The average molecular weight is 296 g/mol. The van der Waals surface area contributed by atoms with Crippen LogP contribution in [-0.2, 0) is 17.7 Å². The first kappa shape index (κ1) is 17.5. The number of hydrogen-bond donors (Lipinski definition) is 1. The molecule has 1 N–H and O–H groups in total. The van der Waals surface area contributed by atoms with E-state index in [0.717, 1.165) is 18.7 Å². The van der Waals surface area contributed by atoms with Gasteiger partial charge in [-0.25, -0.2) is 9.78 Å². The summed E-state index contributed by atoms with van der Waals surface area (Å²) in [5.74, 6) is 0. The zero-order chi connectivity index (χ0) is 16.0. The molecule has 0 aliphatic heterocycles. The summed E-state index contributed by atoms with van der Waals surface area (Å²) in [6.45, 7) is 9.15. The summed E-state index contributed by atoms with van der Waals surface area (Å²) in [5, 5.41) is 2.77. The molecule has 6 heteroatoms. The van der Waals surface area contributed by atoms with E-state index >= 15 is 0 Å². The van der Waals surface area contributed by atoms with Crippen molar-refractivity contribution in [3.63, 3.8) is 0 Å². The van der Waals surface area contributed by atoms with E-state index in [1.54, 1.807) is 0 Å². The molecule has 1 rings (SSSR count). The highest BCUT2D eigenvalue weighted by atomic mass is 16.6. The highest BCUT2D eigenvalue weighted by Crippen LogP contribution is 2.07. The lowest BCUT2D eigenvalue weighted by Crippen LogP contribution is -2.34. The number of aromatic nitrogens is 2. The van der Waals surface area contributed by atoms with E-state index in [9.17, 15) is 4.79 Å². The molecule has 0 bridgehead atoms. The number of ether oxygens (including phenoxy) is 1. The van der Waals surface area contributed by atoms with Gasteiger partial charge in [-0.2, -0.15) is 0 Å². The van der Waals surface area contributed by atoms with Crippen molar-refractivity contribution in [3.8, 4) is 0 Å². The molecule has 0 aliphatic rings. The number of carbonyl (C=O) groups is 1. The van der Waals surface area contributed by atoms with Gasteiger partial charge < -0.3 is 19.5 Å². The van der Waals surface area contributed by atoms with Crippen LogP contribution in [0.5, 0.6) is 0 Å². The zero-order valence-electron chi connectivity index (χ0n) is 14.0. The quantitative estimate of drug-likeness (QED) is 0.871. The van der Waals surface area contributed by atoms with Crippen LogP contribution in [-0.4, -0.2) is 52.8 Å². The number of alkyl carbamates (subject to hydrolysis) is 1. The zero-order valence-corrected chi connectivity index (χ0v) is 14.0. The van der Waals surface area contributed by atoms with Crippen LogP contribution < -0.4 is 5.32 Å². The predicted molar refractivity (Wildman–Crippen MR) is 83.3 cm³/mol. The van der Waals surface area contributed by atoms with Crippen molar-refractivity contribution in [1.82, 2.24) is 19.8 Å². The minimum Gasteiger partial charge on any atom is -0.444 e. The highest BCUT2D eigenvalue weighted by molar-refractivity contribution is 5.67. The molecule has 0 radical (unpaired) electrons. The second kappa shape index (κ2) is 7.45. The number of hydrogen-bond acceptors (Lipinski definition) is 4. The van der Waals surface area contributed by atoms with Crippen LogP contribution in [0, 0.1) is 0 Å². The number of imidazole rings is 1. The summed E-state index contributed by atoms with van der Waals surface area (Å²) in [6.07, 6.45) is 4.04. The van der Waals surface area contributed by atoms with Crippen LogP contribution in [0.25, 0.3) is 0 Å². The highest BCUT2D eigenvalue weighted by Gasteiger charge is 2.16. The predicted octanol–water partition coefficient (Wildman–Crippen LogP) is 1.90. The fraction of sp³-hybridized carbons (Fsp3) is 0.733. The molecule has 0 spiro atoms. The Bertz CT molecular complexity index is 449. The van der Waals surface area contributed by atoms with Crippen LogP contribution in [0.4, 0.5) is 4.79 Å². The van der Waals surface area contributed by atoms with E-state index in [4.69, 9.17) is 4.74 Å². The molecule has 1 unspecified atom stereocenters. The summed E-state index contributed by atoms with van der Waals surface area (Å²) in [6, 6.07) is 0.428. The third kappa shape index (κ3) is 6.62. The Morgan fingerprint density at radius 3 is 2.71 bits per heavy atom. The van der Waals surface area contributed by atoms with Crippen molar-refractivity contribution in [1.29, 1.82) is 0 Å². The van der Waals surface area contributed by atoms with Crippen molar-refractivity contribution in [2.75, 3.05) is 20.6 Å². The summed E-state index contributed by atoms with van der Waals surface area (Å²) in [7, 11) is 4.12. The normalized spacial score (nSPS) is 13.3. The van der Waals surface area contributed by atoms with Crippen molar-refractivity contribution in [2.24, 2.45) is 0 Å². The second-order valence-corrected chi connectivity index (χ2v) is 6.53. The van der Waals surface area contributed by atoms with Gasteiger partial charge in [0, 0.05) is 37.4 Å². The molecule has 120 valence electrons. The van der Waals surface area contributed by atoms with Gasteiger partial charge in [0.2, 0.25) is 0 Å². The number of likely N-dealkylation sites (N-methyl/N-ethyl adjacent to an activating group) is 1. The van der Waals surface area contributed by atoms with Gasteiger partial charge in [-0.3, -0.25) is 0 Å². The van der Waals surface area contributed by atoms with E-state index in [1.807, 2.05) is 33.3 Å². The third-order valence-corrected chi connectivity index (χ3v) is 3.19. The number of nitrogens with one attached hydrogen (secondary N) is 1. The van der Waals surface area contributed by atoms with Gasteiger partial charge in [-0.15, -0.1) is 0 Å². The SMILES string of the molecule is CC(Cn1cncc1CCNC(=O)OC(C)(C)C)N(C)C. The Hall–Kier alpha value is -1.56. The minimum atomic E-state index is -0.465. The molecule has 1 heterocycles. The standard InChI is InChI=1S/C15H28N4O2/c1-12(18(5)6)10-19-11-16-9-13(19)7-8-17-14(20)21-15(2,3)4/h9,11-12H,7-8,10H2,1-6H3,(H,17,20). The summed E-state index contributed by atoms with van der Waals surface area (Å²) < 4.78 is 7.33. The Labute approximate surface area is 127 Å². The first-order valence-corrected chi connectivity index (χ1v) is 7.31. The number of nitrogens with zero attached hydrogens (tertiary/aromatic N) is 3. The summed E-state index contributed by atoms with van der Waals surface area (Å²) >= 11 is 0. The van der Waals surface area contributed by atoms with Crippen LogP contribution in [0.15, 0.2) is 12.5 Å². The summed E-state index contributed by atoms with van der Waals surface area (Å²) in [4.78, 5) is 17.9.